The van der Waals surface area contributed by atoms with Gasteiger partial charge in [0, 0.05) is 11.6 Å². The Morgan fingerprint density at radius 3 is 2.38 bits per heavy atom. The second-order valence-corrected chi connectivity index (χ2v) is 5.87. The van der Waals surface area contributed by atoms with Gasteiger partial charge >= 0.3 is 5.97 Å². The lowest BCUT2D eigenvalue weighted by Gasteiger charge is -2.14. The average Bonchev–Trinajstić information content (AvgIpc) is 2.52. The number of methoxy groups -OCH3 is 2. The van der Waals surface area contributed by atoms with Gasteiger partial charge in [-0.15, -0.1) is 0 Å². The molecule has 1 aromatic rings. The zero-order valence-electron chi connectivity index (χ0n) is 15.0. The number of ether oxygens (including phenoxy) is 2. The molecular weight excluding hydrogens is 308 g/mol. The fourth-order valence-electron chi connectivity index (χ4n) is 2.32. The van der Waals surface area contributed by atoms with Gasteiger partial charge in [-0.3, -0.25) is 0 Å². The Hall–Kier alpha value is -2.43. The minimum atomic E-state index is -0.793. The van der Waals surface area contributed by atoms with E-state index >= 15 is 0 Å². The van der Waals surface area contributed by atoms with Crippen molar-refractivity contribution in [3.05, 3.63) is 40.5 Å². The third kappa shape index (κ3) is 5.05. The number of esters is 1. The number of phenolic OH excluding ortho intramolecular Hbond substituents is 2. The normalized spacial score (nSPS) is 11.1. The largest absolute Gasteiger partial charge is 0.507 e. The Labute approximate surface area is 143 Å². The van der Waals surface area contributed by atoms with E-state index in [0.29, 0.717) is 17.7 Å². The molecule has 1 rings (SSSR count). The molecular formula is C19H26O5. The molecule has 0 aromatic heterocycles. The second-order valence-electron chi connectivity index (χ2n) is 5.87. The summed E-state index contributed by atoms with van der Waals surface area (Å²) in [4.78, 5) is 11.7. The lowest BCUT2D eigenvalue weighted by molar-refractivity contribution is 0.0593. The highest BCUT2D eigenvalue weighted by atomic mass is 16.5. The van der Waals surface area contributed by atoms with Crippen LogP contribution in [-0.4, -0.2) is 30.4 Å². The molecule has 1 aromatic carbocycles. The minimum absolute atomic E-state index is 0.246. The topological polar surface area (TPSA) is 76.0 Å². The summed E-state index contributed by atoms with van der Waals surface area (Å²) in [5, 5.41) is 20.3. The second kappa shape index (κ2) is 9.01. The van der Waals surface area contributed by atoms with Crippen LogP contribution < -0.4 is 4.74 Å². The first-order chi connectivity index (χ1) is 11.3. The van der Waals surface area contributed by atoms with Gasteiger partial charge in [0.1, 0.15) is 22.8 Å². The molecule has 0 bridgehead atoms. The molecule has 0 spiro atoms. The highest BCUT2D eigenvalue weighted by Crippen LogP contribution is 2.39. The van der Waals surface area contributed by atoms with Crippen LogP contribution in [0.3, 0.4) is 0 Å². The van der Waals surface area contributed by atoms with Gasteiger partial charge in [0.05, 0.1) is 14.2 Å². The maximum atomic E-state index is 11.7. The molecule has 0 saturated heterocycles. The van der Waals surface area contributed by atoms with Gasteiger partial charge in [0.25, 0.3) is 0 Å². The van der Waals surface area contributed by atoms with Crippen molar-refractivity contribution in [2.45, 2.75) is 40.0 Å². The van der Waals surface area contributed by atoms with Gasteiger partial charge < -0.3 is 19.7 Å². The Kier molecular flexibility index (Phi) is 7.36. The lowest BCUT2D eigenvalue weighted by Crippen LogP contribution is -2.05. The maximum absolute atomic E-state index is 11.7. The number of hydrogen-bond acceptors (Lipinski definition) is 5. The summed E-state index contributed by atoms with van der Waals surface area (Å²) in [7, 11) is 2.64. The lowest BCUT2D eigenvalue weighted by atomic mass is 10.0. The number of hydrogen-bond donors (Lipinski definition) is 2. The van der Waals surface area contributed by atoms with Crippen LogP contribution in [0.15, 0.2) is 29.4 Å². The zero-order chi connectivity index (χ0) is 18.3. The zero-order valence-corrected chi connectivity index (χ0v) is 15.0. The number of allylic oxidation sites excluding steroid dienone is 4. The Morgan fingerprint density at radius 2 is 1.83 bits per heavy atom. The maximum Gasteiger partial charge on any atom is 0.345 e. The van der Waals surface area contributed by atoms with Crippen LogP contribution in [0.25, 0.3) is 0 Å². The first-order valence-corrected chi connectivity index (χ1v) is 7.80. The van der Waals surface area contributed by atoms with Crippen molar-refractivity contribution in [1.29, 1.82) is 0 Å². The molecule has 132 valence electrons. The van der Waals surface area contributed by atoms with Crippen molar-refractivity contribution < 1.29 is 24.5 Å². The summed E-state index contributed by atoms with van der Waals surface area (Å²) in [6, 6.07) is 1.31. The van der Waals surface area contributed by atoms with Crippen LogP contribution in [0, 0.1) is 0 Å². The smallest absolute Gasteiger partial charge is 0.345 e. The molecule has 0 saturated carbocycles. The molecule has 0 atom stereocenters. The molecule has 0 amide bonds. The predicted molar refractivity (Wildman–Crippen MR) is 93.8 cm³/mol. The predicted octanol–water partition coefficient (Wildman–Crippen LogP) is 4.13. The fourth-order valence-corrected chi connectivity index (χ4v) is 2.32. The van der Waals surface area contributed by atoms with E-state index in [9.17, 15) is 15.0 Å². The number of phenols is 2. The van der Waals surface area contributed by atoms with Crippen molar-refractivity contribution in [3.8, 4) is 17.2 Å². The molecule has 24 heavy (non-hydrogen) atoms. The highest BCUT2D eigenvalue weighted by Gasteiger charge is 2.23. The standard InChI is InChI=1S/C19H26O5/c1-12(2)7-6-8-13(3)9-10-14-16(23-4)11-15(20)17(18(14)21)19(22)24-5/h7,9,11,20-21H,6,8,10H2,1-5H3. The Bertz CT molecular complexity index is 652. The quantitative estimate of drug-likeness (QED) is 0.579. The van der Waals surface area contributed by atoms with E-state index < -0.39 is 5.97 Å². The van der Waals surface area contributed by atoms with E-state index in [-0.39, 0.29) is 17.1 Å². The van der Waals surface area contributed by atoms with Gasteiger partial charge in [0.2, 0.25) is 0 Å². The van der Waals surface area contributed by atoms with E-state index in [1.165, 1.54) is 31.4 Å². The average molecular weight is 334 g/mol. The summed E-state index contributed by atoms with van der Waals surface area (Å²) in [6.07, 6.45) is 6.41. The van der Waals surface area contributed by atoms with E-state index in [1.54, 1.807) is 0 Å². The first kappa shape index (κ1) is 19.6. The van der Waals surface area contributed by atoms with Gasteiger partial charge in [-0.05, 0) is 40.0 Å². The van der Waals surface area contributed by atoms with Gasteiger partial charge in [-0.2, -0.15) is 0 Å². The summed E-state index contributed by atoms with van der Waals surface area (Å²) < 4.78 is 9.82. The minimum Gasteiger partial charge on any atom is -0.507 e. The van der Waals surface area contributed by atoms with Crippen LogP contribution in [0.1, 0.15) is 49.5 Å². The van der Waals surface area contributed by atoms with Crippen molar-refractivity contribution in [2.75, 3.05) is 14.2 Å². The van der Waals surface area contributed by atoms with Gasteiger partial charge in [0.15, 0.2) is 0 Å². The molecule has 0 fully saturated rings. The third-order valence-corrected chi connectivity index (χ3v) is 3.70. The van der Waals surface area contributed by atoms with Crippen molar-refractivity contribution >= 4 is 5.97 Å². The number of rotatable bonds is 7. The molecule has 0 radical (unpaired) electrons. The SMILES string of the molecule is COC(=O)c1c(O)cc(OC)c(CC=C(C)CCC=C(C)C)c1O. The van der Waals surface area contributed by atoms with E-state index in [2.05, 4.69) is 24.7 Å². The Morgan fingerprint density at radius 1 is 1.17 bits per heavy atom. The molecule has 0 heterocycles. The highest BCUT2D eigenvalue weighted by molar-refractivity contribution is 5.96. The third-order valence-electron chi connectivity index (χ3n) is 3.70. The monoisotopic (exact) mass is 334 g/mol. The van der Waals surface area contributed by atoms with Crippen LogP contribution in [-0.2, 0) is 11.2 Å². The van der Waals surface area contributed by atoms with Crippen LogP contribution in [0.5, 0.6) is 17.2 Å². The van der Waals surface area contributed by atoms with Crippen molar-refractivity contribution in [2.24, 2.45) is 0 Å². The molecule has 0 aliphatic heterocycles. The number of benzene rings is 1. The van der Waals surface area contributed by atoms with Gasteiger partial charge in [-0.1, -0.05) is 23.3 Å². The summed E-state index contributed by atoms with van der Waals surface area (Å²) in [5.74, 6) is -1.15. The number of carbonyl (C=O) groups is 1. The first-order valence-electron chi connectivity index (χ1n) is 7.80. The molecule has 0 aliphatic rings. The number of aromatic hydroxyl groups is 2. The van der Waals surface area contributed by atoms with E-state index in [0.717, 1.165) is 12.8 Å². The van der Waals surface area contributed by atoms with Crippen LogP contribution >= 0.6 is 0 Å². The van der Waals surface area contributed by atoms with Crippen LogP contribution in [0.2, 0.25) is 0 Å². The van der Waals surface area contributed by atoms with E-state index in [4.69, 9.17) is 4.74 Å². The van der Waals surface area contributed by atoms with Crippen molar-refractivity contribution in [1.82, 2.24) is 0 Å². The summed E-state index contributed by atoms with van der Waals surface area (Å²) in [5.41, 5.74) is 2.64. The van der Waals surface area contributed by atoms with Crippen molar-refractivity contribution in [3.63, 3.8) is 0 Å². The van der Waals surface area contributed by atoms with Crippen LogP contribution in [0.4, 0.5) is 0 Å². The molecule has 5 nitrogen and oxygen atoms in total. The molecule has 5 heteroatoms. The summed E-state index contributed by atoms with van der Waals surface area (Å²) in [6.45, 7) is 6.14. The number of carbonyl (C=O) groups excluding carboxylic acids is 1. The Balaban J connectivity index is 3.09. The summed E-state index contributed by atoms with van der Waals surface area (Å²) >= 11 is 0. The van der Waals surface area contributed by atoms with Gasteiger partial charge in [-0.25, -0.2) is 4.79 Å². The molecule has 0 unspecified atom stereocenters. The molecule has 0 aliphatic carbocycles. The fraction of sp³-hybridized carbons (Fsp3) is 0.421. The van der Waals surface area contributed by atoms with E-state index in [1.807, 2.05) is 13.0 Å². The molecule has 2 N–H and O–H groups in total.